The maximum Gasteiger partial charge on any atom is 0.407 e. The molecule has 0 saturated carbocycles. The standard InChI is InChI=1S/C23H43NO10/c1-23(2,3)34-22(27)24-9-7-5-6-8-10-32-20(25)19-21(26)33-18-17-31-16-15-30-14-13-29-12-11-28-4/h5-19H2,1-4H3,(H,24,27). The molecule has 0 spiro atoms. The Labute approximate surface area is 203 Å². The normalized spacial score (nSPS) is 11.2. The average Bonchev–Trinajstić information content (AvgIpc) is 2.75. The highest BCUT2D eigenvalue weighted by molar-refractivity contribution is 5.91. The molecule has 11 heteroatoms. The first-order valence-corrected chi connectivity index (χ1v) is 11.7. The molecule has 1 N–H and O–H groups in total. The lowest BCUT2D eigenvalue weighted by Crippen LogP contribution is -2.32. The molecule has 0 heterocycles. The van der Waals surface area contributed by atoms with E-state index in [4.69, 9.17) is 33.2 Å². The van der Waals surface area contributed by atoms with Crippen molar-refractivity contribution in [3.8, 4) is 0 Å². The van der Waals surface area contributed by atoms with Crippen molar-refractivity contribution < 1.29 is 47.5 Å². The second kappa shape index (κ2) is 21.6. The van der Waals surface area contributed by atoms with Crippen LogP contribution in [0.3, 0.4) is 0 Å². The number of amides is 1. The fourth-order valence-electron chi connectivity index (χ4n) is 2.39. The number of alkyl carbamates (subject to hydrolysis) is 1. The summed E-state index contributed by atoms with van der Waals surface area (Å²) >= 11 is 0. The van der Waals surface area contributed by atoms with E-state index in [9.17, 15) is 14.4 Å². The lowest BCUT2D eigenvalue weighted by molar-refractivity contribution is -0.155. The van der Waals surface area contributed by atoms with Gasteiger partial charge in [-0.25, -0.2) is 4.79 Å². The summed E-state index contributed by atoms with van der Waals surface area (Å²) < 4.78 is 35.8. The summed E-state index contributed by atoms with van der Waals surface area (Å²) in [7, 11) is 1.61. The first-order chi connectivity index (χ1) is 16.2. The van der Waals surface area contributed by atoms with Gasteiger partial charge >= 0.3 is 18.0 Å². The molecule has 34 heavy (non-hydrogen) atoms. The van der Waals surface area contributed by atoms with Crippen molar-refractivity contribution in [2.75, 3.05) is 73.1 Å². The smallest absolute Gasteiger partial charge is 0.407 e. The van der Waals surface area contributed by atoms with Crippen LogP contribution in [-0.4, -0.2) is 96.7 Å². The van der Waals surface area contributed by atoms with Gasteiger partial charge in [0.15, 0.2) is 0 Å². The lowest BCUT2D eigenvalue weighted by atomic mass is 10.2. The first kappa shape index (κ1) is 32.0. The summed E-state index contributed by atoms with van der Waals surface area (Å²) in [6.45, 7) is 9.31. The zero-order chi connectivity index (χ0) is 25.5. The molecule has 1 amide bonds. The fraction of sp³-hybridized carbons (Fsp3) is 0.870. The molecule has 200 valence electrons. The lowest BCUT2D eigenvalue weighted by Gasteiger charge is -2.19. The predicted octanol–water partition coefficient (Wildman–Crippen LogP) is 2.24. The molecule has 0 aliphatic heterocycles. The Balaban J connectivity index is 3.42. The monoisotopic (exact) mass is 493 g/mol. The summed E-state index contributed by atoms with van der Waals surface area (Å²) in [4.78, 5) is 34.8. The summed E-state index contributed by atoms with van der Waals surface area (Å²) in [6.07, 6.45) is 2.35. The van der Waals surface area contributed by atoms with Crippen molar-refractivity contribution in [1.82, 2.24) is 5.32 Å². The Hall–Kier alpha value is -1.95. The van der Waals surface area contributed by atoms with Crippen LogP contribution in [0.25, 0.3) is 0 Å². The zero-order valence-electron chi connectivity index (χ0n) is 21.2. The van der Waals surface area contributed by atoms with Crippen molar-refractivity contribution in [3.63, 3.8) is 0 Å². The maximum absolute atomic E-state index is 11.6. The van der Waals surface area contributed by atoms with E-state index in [1.807, 2.05) is 20.8 Å². The molecule has 0 bridgehead atoms. The van der Waals surface area contributed by atoms with E-state index in [-0.39, 0.29) is 19.8 Å². The number of unbranched alkanes of at least 4 members (excludes halogenated alkanes) is 3. The number of hydrogen-bond acceptors (Lipinski definition) is 10. The largest absolute Gasteiger partial charge is 0.465 e. The van der Waals surface area contributed by atoms with Gasteiger partial charge in [0.25, 0.3) is 0 Å². The number of rotatable bonds is 21. The molecule has 11 nitrogen and oxygen atoms in total. The van der Waals surface area contributed by atoms with E-state index < -0.39 is 30.1 Å². The third kappa shape index (κ3) is 24.7. The maximum atomic E-state index is 11.6. The van der Waals surface area contributed by atoms with E-state index in [0.717, 1.165) is 19.3 Å². The number of nitrogens with one attached hydrogen (secondary N) is 1. The van der Waals surface area contributed by atoms with Gasteiger partial charge in [0, 0.05) is 13.7 Å². The Bertz CT molecular complexity index is 536. The predicted molar refractivity (Wildman–Crippen MR) is 124 cm³/mol. The van der Waals surface area contributed by atoms with Crippen LogP contribution in [0.1, 0.15) is 52.9 Å². The van der Waals surface area contributed by atoms with Gasteiger partial charge in [-0.3, -0.25) is 9.59 Å². The number of esters is 2. The topological polar surface area (TPSA) is 128 Å². The molecular formula is C23H43NO10. The highest BCUT2D eigenvalue weighted by atomic mass is 16.6. The molecule has 0 aliphatic carbocycles. The van der Waals surface area contributed by atoms with Gasteiger partial charge < -0.3 is 38.5 Å². The Morgan fingerprint density at radius 3 is 1.71 bits per heavy atom. The Morgan fingerprint density at radius 1 is 0.647 bits per heavy atom. The van der Waals surface area contributed by atoms with Gasteiger partial charge in [0.1, 0.15) is 18.6 Å². The molecule has 0 aromatic rings. The zero-order valence-corrected chi connectivity index (χ0v) is 21.2. The summed E-state index contributed by atoms with van der Waals surface area (Å²) in [5, 5.41) is 2.69. The van der Waals surface area contributed by atoms with Gasteiger partial charge in [0.2, 0.25) is 0 Å². The van der Waals surface area contributed by atoms with Gasteiger partial charge in [-0.1, -0.05) is 6.42 Å². The number of carbonyl (C=O) groups excluding carboxylic acids is 3. The van der Waals surface area contributed by atoms with E-state index in [1.165, 1.54) is 0 Å². The second-order valence-electron chi connectivity index (χ2n) is 8.29. The number of carbonyl (C=O) groups is 3. The van der Waals surface area contributed by atoms with E-state index >= 15 is 0 Å². The van der Waals surface area contributed by atoms with Crippen molar-refractivity contribution in [2.45, 2.75) is 58.5 Å². The first-order valence-electron chi connectivity index (χ1n) is 11.7. The SMILES string of the molecule is COCCOCCOCCOCCOC(=O)CC(=O)OCCCCCCNC(=O)OC(C)(C)C. The van der Waals surface area contributed by atoms with Crippen LogP contribution in [0.2, 0.25) is 0 Å². The molecule has 0 radical (unpaired) electrons. The summed E-state index contributed by atoms with van der Waals surface area (Å²) in [6, 6.07) is 0. The van der Waals surface area contributed by atoms with Crippen LogP contribution in [0.4, 0.5) is 4.79 Å². The van der Waals surface area contributed by atoms with Gasteiger partial charge in [-0.05, 0) is 40.0 Å². The van der Waals surface area contributed by atoms with Crippen LogP contribution in [0.5, 0.6) is 0 Å². The van der Waals surface area contributed by atoms with E-state index in [0.29, 0.717) is 52.6 Å². The highest BCUT2D eigenvalue weighted by Crippen LogP contribution is 2.06. The van der Waals surface area contributed by atoms with Crippen molar-refractivity contribution in [1.29, 1.82) is 0 Å². The molecule has 0 fully saturated rings. The van der Waals surface area contributed by atoms with Crippen molar-refractivity contribution >= 4 is 18.0 Å². The molecule has 0 atom stereocenters. The minimum atomic E-state index is -0.647. The van der Waals surface area contributed by atoms with Crippen LogP contribution < -0.4 is 5.32 Å². The molecular weight excluding hydrogens is 450 g/mol. The number of methoxy groups -OCH3 is 1. The fourth-order valence-corrected chi connectivity index (χ4v) is 2.39. The molecule has 0 aromatic heterocycles. The number of hydrogen-bond donors (Lipinski definition) is 1. The number of ether oxygens (including phenoxy) is 7. The van der Waals surface area contributed by atoms with Crippen LogP contribution in [0, 0.1) is 0 Å². The third-order valence-electron chi connectivity index (χ3n) is 3.96. The van der Waals surface area contributed by atoms with Crippen molar-refractivity contribution in [2.24, 2.45) is 0 Å². The summed E-state index contributed by atoms with van der Waals surface area (Å²) in [5.74, 6) is -1.26. The minimum absolute atomic E-state index is 0.0591. The van der Waals surface area contributed by atoms with Crippen molar-refractivity contribution in [3.05, 3.63) is 0 Å². The molecule has 0 aromatic carbocycles. The Morgan fingerprint density at radius 2 is 1.15 bits per heavy atom. The molecule has 0 saturated heterocycles. The van der Waals surface area contributed by atoms with E-state index in [2.05, 4.69) is 5.32 Å². The van der Waals surface area contributed by atoms with Crippen LogP contribution in [0.15, 0.2) is 0 Å². The van der Waals surface area contributed by atoms with Gasteiger partial charge in [-0.15, -0.1) is 0 Å². The van der Waals surface area contributed by atoms with Crippen LogP contribution in [-0.2, 0) is 42.7 Å². The van der Waals surface area contributed by atoms with Gasteiger partial charge in [-0.2, -0.15) is 0 Å². The quantitative estimate of drug-likeness (QED) is 0.110. The highest BCUT2D eigenvalue weighted by Gasteiger charge is 2.15. The minimum Gasteiger partial charge on any atom is -0.465 e. The third-order valence-corrected chi connectivity index (χ3v) is 3.96. The van der Waals surface area contributed by atoms with Gasteiger partial charge in [0.05, 0.1) is 52.9 Å². The molecule has 0 unspecified atom stereocenters. The molecule has 0 rings (SSSR count). The molecule has 0 aliphatic rings. The van der Waals surface area contributed by atoms with Crippen LogP contribution >= 0.6 is 0 Å². The average molecular weight is 494 g/mol. The second-order valence-corrected chi connectivity index (χ2v) is 8.29. The Kier molecular flexibility index (Phi) is 20.3. The van der Waals surface area contributed by atoms with E-state index in [1.54, 1.807) is 7.11 Å². The summed E-state index contributed by atoms with van der Waals surface area (Å²) in [5.41, 5.74) is -0.510.